The molecule has 0 bridgehead atoms. The lowest BCUT2D eigenvalue weighted by atomic mass is 9.93. The van der Waals surface area contributed by atoms with Gasteiger partial charge in [-0.2, -0.15) is 0 Å². The topological polar surface area (TPSA) is 55.4 Å². The number of rotatable bonds is 4. The van der Waals surface area contributed by atoms with Crippen LogP contribution in [0.4, 0.5) is 0 Å². The number of sulfonamides is 1. The molecule has 1 saturated heterocycles. The van der Waals surface area contributed by atoms with Crippen molar-refractivity contribution in [1.29, 1.82) is 0 Å². The van der Waals surface area contributed by atoms with E-state index in [1.165, 1.54) is 12.6 Å². The van der Waals surface area contributed by atoms with Gasteiger partial charge in [0.05, 0.1) is 11.9 Å². The zero-order chi connectivity index (χ0) is 13.9. The van der Waals surface area contributed by atoms with E-state index in [4.69, 9.17) is 4.74 Å². The molecule has 2 rings (SSSR count). The minimum absolute atomic E-state index is 0.0221. The molecule has 0 aliphatic carbocycles. The molecule has 0 spiro atoms. The fourth-order valence-corrected chi connectivity index (χ4v) is 3.95. The second-order valence-corrected chi connectivity index (χ2v) is 7.20. The summed E-state index contributed by atoms with van der Waals surface area (Å²) in [4.78, 5) is 0. The fraction of sp³-hybridized carbons (Fsp3) is 0.571. The smallest absolute Gasteiger partial charge is 0.214 e. The minimum Gasteiger partial charge on any atom is -0.381 e. The summed E-state index contributed by atoms with van der Waals surface area (Å²) in [6, 6.07) is 8.24. The van der Waals surface area contributed by atoms with E-state index in [0.29, 0.717) is 19.6 Å². The third-order valence-electron chi connectivity index (χ3n) is 3.71. The lowest BCUT2D eigenvalue weighted by Crippen LogP contribution is -2.43. The van der Waals surface area contributed by atoms with E-state index in [9.17, 15) is 8.42 Å². The number of ether oxygens (including phenoxy) is 1. The van der Waals surface area contributed by atoms with Crippen LogP contribution in [0.25, 0.3) is 0 Å². The van der Waals surface area contributed by atoms with Gasteiger partial charge in [-0.3, -0.25) is 0 Å². The molecule has 1 aromatic carbocycles. The molecule has 1 heterocycles. The van der Waals surface area contributed by atoms with Gasteiger partial charge >= 0.3 is 0 Å². The Bertz CT molecular complexity index is 510. The first-order chi connectivity index (χ1) is 9.03. The predicted molar refractivity (Wildman–Crippen MR) is 75.6 cm³/mol. The summed E-state index contributed by atoms with van der Waals surface area (Å²) in [6.45, 7) is 3.08. The molecule has 0 radical (unpaired) electrons. The molecule has 1 aliphatic heterocycles. The molecule has 0 aromatic heterocycles. The van der Waals surface area contributed by atoms with Crippen molar-refractivity contribution in [3.63, 3.8) is 0 Å². The zero-order valence-corrected chi connectivity index (χ0v) is 12.2. The molecule has 1 N–H and O–H groups in total. The van der Waals surface area contributed by atoms with Crippen molar-refractivity contribution in [2.45, 2.75) is 25.0 Å². The van der Waals surface area contributed by atoms with E-state index in [-0.39, 0.29) is 11.2 Å². The van der Waals surface area contributed by atoms with Gasteiger partial charge in [-0.1, -0.05) is 29.8 Å². The molecule has 0 unspecified atom stereocenters. The highest BCUT2D eigenvalue weighted by Crippen LogP contribution is 2.25. The van der Waals surface area contributed by atoms with Crippen LogP contribution in [0.1, 0.15) is 17.5 Å². The van der Waals surface area contributed by atoms with Gasteiger partial charge in [0.2, 0.25) is 10.0 Å². The van der Waals surface area contributed by atoms with Crippen molar-refractivity contribution in [2.75, 3.05) is 20.3 Å². The van der Waals surface area contributed by atoms with Crippen LogP contribution in [-0.4, -0.2) is 33.9 Å². The van der Waals surface area contributed by atoms with Gasteiger partial charge in [-0.15, -0.1) is 0 Å². The van der Waals surface area contributed by atoms with Crippen molar-refractivity contribution < 1.29 is 13.2 Å². The highest BCUT2D eigenvalue weighted by Gasteiger charge is 2.35. The maximum absolute atomic E-state index is 12.0. The van der Waals surface area contributed by atoms with Crippen molar-refractivity contribution >= 4 is 10.0 Å². The number of aryl methyl sites for hydroxylation is 1. The second-order valence-electron chi connectivity index (χ2n) is 5.10. The van der Waals surface area contributed by atoms with E-state index in [1.807, 2.05) is 6.92 Å². The van der Waals surface area contributed by atoms with Crippen LogP contribution < -0.4 is 4.72 Å². The van der Waals surface area contributed by atoms with E-state index >= 15 is 0 Å². The van der Waals surface area contributed by atoms with Crippen molar-refractivity contribution in [1.82, 2.24) is 4.72 Å². The summed E-state index contributed by atoms with van der Waals surface area (Å²) < 4.78 is 32.0. The van der Waals surface area contributed by atoms with Crippen LogP contribution in [0, 0.1) is 12.8 Å². The normalized spacial score (nSPS) is 24.3. The Morgan fingerprint density at radius 1 is 1.32 bits per heavy atom. The number of nitrogens with one attached hydrogen (secondary N) is 1. The Labute approximate surface area is 115 Å². The molecule has 106 valence electrons. The van der Waals surface area contributed by atoms with Crippen molar-refractivity contribution in [3.05, 3.63) is 35.4 Å². The monoisotopic (exact) mass is 283 g/mol. The van der Waals surface area contributed by atoms with Crippen LogP contribution in [0.3, 0.4) is 0 Å². The number of hydrogen-bond acceptors (Lipinski definition) is 3. The maximum Gasteiger partial charge on any atom is 0.214 e. The molecule has 19 heavy (non-hydrogen) atoms. The summed E-state index contributed by atoms with van der Waals surface area (Å²) >= 11 is 0. The quantitative estimate of drug-likeness (QED) is 0.911. The zero-order valence-electron chi connectivity index (χ0n) is 11.4. The molecule has 4 nitrogen and oxygen atoms in total. The molecule has 1 aromatic rings. The van der Waals surface area contributed by atoms with Gasteiger partial charge in [0.15, 0.2) is 0 Å². The first-order valence-corrected chi connectivity index (χ1v) is 8.13. The molecule has 5 heteroatoms. The van der Waals surface area contributed by atoms with Gasteiger partial charge in [0.1, 0.15) is 0 Å². The SMILES string of the molecule is CNS(=O)(=O)[C@H]1CCOC[C@H]1Cc1ccc(C)cc1. The lowest BCUT2D eigenvalue weighted by Gasteiger charge is -2.31. The highest BCUT2D eigenvalue weighted by atomic mass is 32.2. The summed E-state index contributed by atoms with van der Waals surface area (Å²) in [6.07, 6.45) is 1.31. The van der Waals surface area contributed by atoms with E-state index in [1.54, 1.807) is 0 Å². The first kappa shape index (κ1) is 14.5. The summed E-state index contributed by atoms with van der Waals surface area (Å²) in [7, 11) is -1.75. The average molecular weight is 283 g/mol. The largest absolute Gasteiger partial charge is 0.381 e. The van der Waals surface area contributed by atoms with Gasteiger partial charge in [0.25, 0.3) is 0 Å². The highest BCUT2D eigenvalue weighted by molar-refractivity contribution is 7.90. The third-order valence-corrected chi connectivity index (χ3v) is 5.69. The van der Waals surface area contributed by atoms with Gasteiger partial charge in [-0.25, -0.2) is 13.1 Å². The van der Waals surface area contributed by atoms with Crippen molar-refractivity contribution in [3.8, 4) is 0 Å². The minimum atomic E-state index is -3.23. The predicted octanol–water partition coefficient (Wildman–Crippen LogP) is 1.49. The summed E-state index contributed by atoms with van der Waals surface area (Å²) in [5, 5.41) is -0.354. The standard InChI is InChI=1S/C14H21NO3S/c1-11-3-5-12(6-4-11)9-13-10-18-8-7-14(13)19(16,17)15-2/h3-6,13-15H,7-10H2,1-2H3/t13-,14+/m1/s1. The van der Waals surface area contributed by atoms with E-state index in [0.717, 1.165) is 12.0 Å². The molecule has 0 amide bonds. The fourth-order valence-electron chi connectivity index (χ4n) is 2.55. The van der Waals surface area contributed by atoms with E-state index in [2.05, 4.69) is 29.0 Å². The van der Waals surface area contributed by atoms with E-state index < -0.39 is 10.0 Å². The maximum atomic E-state index is 12.0. The first-order valence-electron chi connectivity index (χ1n) is 6.58. The lowest BCUT2D eigenvalue weighted by molar-refractivity contribution is 0.0570. The van der Waals surface area contributed by atoms with Crippen LogP contribution in [0.5, 0.6) is 0 Å². The Kier molecular flexibility index (Phi) is 4.60. The second kappa shape index (κ2) is 6.03. The Morgan fingerprint density at radius 3 is 2.63 bits per heavy atom. The molecule has 1 aliphatic rings. The summed E-state index contributed by atoms with van der Waals surface area (Å²) in [5.74, 6) is 0.0221. The van der Waals surface area contributed by atoms with Crippen LogP contribution in [0.2, 0.25) is 0 Å². The third kappa shape index (κ3) is 3.55. The summed E-state index contributed by atoms with van der Waals surface area (Å²) in [5.41, 5.74) is 2.38. The number of benzene rings is 1. The van der Waals surface area contributed by atoms with Gasteiger partial charge in [-0.05, 0) is 32.4 Å². The Hall–Kier alpha value is -0.910. The van der Waals surface area contributed by atoms with Crippen LogP contribution in [0.15, 0.2) is 24.3 Å². The number of hydrogen-bond donors (Lipinski definition) is 1. The average Bonchev–Trinajstić information content (AvgIpc) is 2.42. The van der Waals surface area contributed by atoms with Gasteiger partial charge in [0, 0.05) is 12.5 Å². The van der Waals surface area contributed by atoms with Crippen molar-refractivity contribution in [2.24, 2.45) is 5.92 Å². The Morgan fingerprint density at radius 2 is 2.00 bits per heavy atom. The molecular formula is C14H21NO3S. The molecule has 0 saturated carbocycles. The Balaban J connectivity index is 2.14. The van der Waals surface area contributed by atoms with Crippen LogP contribution in [-0.2, 0) is 21.2 Å². The molecular weight excluding hydrogens is 262 g/mol. The van der Waals surface area contributed by atoms with Gasteiger partial charge < -0.3 is 4.74 Å². The van der Waals surface area contributed by atoms with Crippen LogP contribution >= 0.6 is 0 Å². The molecule has 2 atom stereocenters. The molecule has 1 fully saturated rings.